The molecule has 1 unspecified atom stereocenters. The Hall–Kier alpha value is -2.36. The van der Waals surface area contributed by atoms with Crippen molar-refractivity contribution in [3.05, 3.63) is 58.4 Å². The zero-order valence-corrected chi connectivity index (χ0v) is 16.1. The van der Waals surface area contributed by atoms with Crippen molar-refractivity contribution in [3.8, 4) is 0 Å². The number of H-pyrrole nitrogens is 1. The Labute approximate surface area is 155 Å². The molecular weight excluding hydrogens is 324 g/mol. The lowest BCUT2D eigenvalue weighted by Gasteiger charge is -2.28. The Bertz CT molecular complexity index is 818. The van der Waals surface area contributed by atoms with Gasteiger partial charge >= 0.3 is 0 Å². The molecule has 0 radical (unpaired) electrons. The molecule has 0 saturated heterocycles. The number of benzene rings is 1. The fourth-order valence-electron chi connectivity index (χ4n) is 3.86. The molecule has 0 spiro atoms. The van der Waals surface area contributed by atoms with E-state index in [1.165, 1.54) is 5.56 Å². The van der Waals surface area contributed by atoms with Crippen LogP contribution < -0.4 is 5.32 Å². The zero-order valence-electron chi connectivity index (χ0n) is 16.1. The van der Waals surface area contributed by atoms with Crippen LogP contribution in [0.3, 0.4) is 0 Å². The summed E-state index contributed by atoms with van der Waals surface area (Å²) in [4.78, 5) is 28.4. The Morgan fingerprint density at radius 1 is 1.23 bits per heavy atom. The molecule has 0 bridgehead atoms. The number of carbonyl (C=O) groups is 2. The Kier molecular flexibility index (Phi) is 5.03. The molecule has 1 aliphatic rings. The first kappa shape index (κ1) is 18.4. The van der Waals surface area contributed by atoms with Gasteiger partial charge in [0.25, 0.3) is 5.91 Å². The van der Waals surface area contributed by atoms with E-state index in [2.05, 4.69) is 36.3 Å². The normalized spacial score (nSPS) is 16.8. The number of rotatable bonds is 5. The fraction of sp³-hybridized carbons (Fsp3) is 0.455. The first-order valence-electron chi connectivity index (χ1n) is 9.36. The molecular formula is C22H28N2O2. The van der Waals surface area contributed by atoms with Gasteiger partial charge in [0, 0.05) is 23.7 Å². The van der Waals surface area contributed by atoms with Crippen molar-refractivity contribution in [2.24, 2.45) is 5.41 Å². The van der Waals surface area contributed by atoms with Gasteiger partial charge in [-0.1, -0.05) is 44.2 Å². The van der Waals surface area contributed by atoms with Crippen LogP contribution in [-0.2, 0) is 12.8 Å². The van der Waals surface area contributed by atoms with E-state index >= 15 is 0 Å². The van der Waals surface area contributed by atoms with Crippen LogP contribution in [0.2, 0.25) is 0 Å². The summed E-state index contributed by atoms with van der Waals surface area (Å²) < 4.78 is 0. The van der Waals surface area contributed by atoms with Crippen molar-refractivity contribution in [1.82, 2.24) is 10.3 Å². The minimum atomic E-state index is -0.122. The summed E-state index contributed by atoms with van der Waals surface area (Å²) in [5.41, 5.74) is 4.17. The van der Waals surface area contributed by atoms with Gasteiger partial charge in [-0.15, -0.1) is 0 Å². The molecule has 1 heterocycles. The summed E-state index contributed by atoms with van der Waals surface area (Å²) in [5, 5.41) is 3.07. The molecule has 1 aliphatic carbocycles. The maximum atomic E-state index is 12.7. The average Bonchev–Trinajstić information content (AvgIpc) is 2.89. The van der Waals surface area contributed by atoms with E-state index < -0.39 is 0 Å². The molecule has 1 aromatic heterocycles. The predicted octanol–water partition coefficient (Wildman–Crippen LogP) is 4.23. The summed E-state index contributed by atoms with van der Waals surface area (Å²) in [6, 6.07) is 10.3. The predicted molar refractivity (Wildman–Crippen MR) is 104 cm³/mol. The number of fused-ring (bicyclic) bond motifs is 1. The van der Waals surface area contributed by atoms with Gasteiger partial charge in [-0.25, -0.2) is 0 Å². The molecule has 26 heavy (non-hydrogen) atoms. The summed E-state index contributed by atoms with van der Waals surface area (Å²) in [5.74, 6) is 0.0178. The van der Waals surface area contributed by atoms with Crippen molar-refractivity contribution in [1.29, 1.82) is 0 Å². The minimum Gasteiger partial charge on any atom is -0.354 e. The highest BCUT2D eigenvalue weighted by Crippen LogP contribution is 2.36. The van der Waals surface area contributed by atoms with Crippen molar-refractivity contribution < 1.29 is 9.59 Å². The number of Topliss-reactive ketones (excluding diaryl/α,β-unsaturated/α-hetero) is 1. The number of aryl methyl sites for hydroxylation is 1. The Balaban J connectivity index is 1.68. The Morgan fingerprint density at radius 2 is 1.92 bits per heavy atom. The SMILES string of the molecule is Cc1c(C(=O)NC(C)CCc2ccccc2)[nH]c2c1C(=O)CC(C)(C)C2. The second kappa shape index (κ2) is 7.10. The van der Waals surface area contributed by atoms with Crippen LogP contribution in [0.4, 0.5) is 0 Å². The summed E-state index contributed by atoms with van der Waals surface area (Å²) in [7, 11) is 0. The number of ketones is 1. The van der Waals surface area contributed by atoms with Crippen LogP contribution in [0.15, 0.2) is 30.3 Å². The molecule has 2 N–H and O–H groups in total. The molecule has 0 aliphatic heterocycles. The van der Waals surface area contributed by atoms with E-state index in [-0.39, 0.29) is 23.1 Å². The van der Waals surface area contributed by atoms with E-state index in [0.717, 1.165) is 36.1 Å². The smallest absolute Gasteiger partial charge is 0.268 e. The first-order chi connectivity index (χ1) is 12.3. The molecule has 3 rings (SSSR count). The zero-order chi connectivity index (χ0) is 18.9. The lowest BCUT2D eigenvalue weighted by molar-refractivity contribution is 0.0908. The molecule has 138 valence electrons. The third kappa shape index (κ3) is 3.90. The third-order valence-electron chi connectivity index (χ3n) is 5.21. The number of amides is 1. The highest BCUT2D eigenvalue weighted by Gasteiger charge is 2.35. The number of nitrogens with one attached hydrogen (secondary N) is 2. The monoisotopic (exact) mass is 352 g/mol. The second-order valence-corrected chi connectivity index (χ2v) is 8.32. The van der Waals surface area contributed by atoms with Crippen molar-refractivity contribution in [2.45, 2.75) is 59.4 Å². The fourth-order valence-corrected chi connectivity index (χ4v) is 3.86. The molecule has 0 fully saturated rings. The lowest BCUT2D eigenvalue weighted by atomic mass is 9.75. The van der Waals surface area contributed by atoms with E-state index in [0.29, 0.717) is 12.1 Å². The van der Waals surface area contributed by atoms with Crippen LogP contribution in [0, 0.1) is 12.3 Å². The number of aromatic nitrogens is 1. The molecule has 2 aromatic rings. The first-order valence-corrected chi connectivity index (χ1v) is 9.36. The number of hydrogen-bond acceptors (Lipinski definition) is 2. The summed E-state index contributed by atoms with van der Waals surface area (Å²) >= 11 is 0. The quantitative estimate of drug-likeness (QED) is 0.846. The molecule has 4 nitrogen and oxygen atoms in total. The van der Waals surface area contributed by atoms with E-state index in [4.69, 9.17) is 0 Å². The van der Waals surface area contributed by atoms with E-state index in [1.54, 1.807) is 0 Å². The number of aromatic amines is 1. The van der Waals surface area contributed by atoms with Gasteiger partial charge < -0.3 is 10.3 Å². The van der Waals surface area contributed by atoms with Crippen LogP contribution in [0.5, 0.6) is 0 Å². The van der Waals surface area contributed by atoms with Crippen LogP contribution in [0.1, 0.15) is 71.3 Å². The summed E-state index contributed by atoms with van der Waals surface area (Å²) in [6.07, 6.45) is 3.13. The van der Waals surface area contributed by atoms with Gasteiger partial charge in [-0.3, -0.25) is 9.59 Å². The van der Waals surface area contributed by atoms with E-state index in [1.807, 2.05) is 32.0 Å². The minimum absolute atomic E-state index is 0.0574. The van der Waals surface area contributed by atoms with Gasteiger partial charge in [0.1, 0.15) is 5.69 Å². The van der Waals surface area contributed by atoms with Gasteiger partial charge in [0.05, 0.1) is 0 Å². The molecule has 1 atom stereocenters. The van der Waals surface area contributed by atoms with Crippen molar-refractivity contribution in [2.75, 3.05) is 0 Å². The molecule has 0 saturated carbocycles. The van der Waals surface area contributed by atoms with Gasteiger partial charge in [-0.05, 0) is 49.7 Å². The van der Waals surface area contributed by atoms with Crippen LogP contribution >= 0.6 is 0 Å². The summed E-state index contributed by atoms with van der Waals surface area (Å²) in [6.45, 7) is 8.08. The van der Waals surface area contributed by atoms with Crippen molar-refractivity contribution >= 4 is 11.7 Å². The molecule has 1 amide bonds. The van der Waals surface area contributed by atoms with Crippen molar-refractivity contribution in [3.63, 3.8) is 0 Å². The highest BCUT2D eigenvalue weighted by molar-refractivity contribution is 6.04. The average molecular weight is 352 g/mol. The van der Waals surface area contributed by atoms with Crippen LogP contribution in [-0.4, -0.2) is 22.7 Å². The third-order valence-corrected chi connectivity index (χ3v) is 5.21. The van der Waals surface area contributed by atoms with Gasteiger partial charge in [0.15, 0.2) is 5.78 Å². The van der Waals surface area contributed by atoms with Crippen LogP contribution in [0.25, 0.3) is 0 Å². The maximum absolute atomic E-state index is 12.7. The Morgan fingerprint density at radius 3 is 2.62 bits per heavy atom. The van der Waals surface area contributed by atoms with Gasteiger partial charge in [-0.2, -0.15) is 0 Å². The highest BCUT2D eigenvalue weighted by atomic mass is 16.2. The number of hydrogen-bond donors (Lipinski definition) is 2. The number of carbonyl (C=O) groups excluding carboxylic acids is 2. The lowest BCUT2D eigenvalue weighted by Crippen LogP contribution is -2.33. The second-order valence-electron chi connectivity index (χ2n) is 8.32. The molecule has 4 heteroatoms. The van der Waals surface area contributed by atoms with Gasteiger partial charge in [0.2, 0.25) is 0 Å². The standard InChI is InChI=1S/C22H28N2O2/c1-14(10-11-16-8-6-5-7-9-16)23-21(26)20-15(2)19-17(24-20)12-22(3,4)13-18(19)25/h5-9,14,24H,10-13H2,1-4H3,(H,23,26). The van der Waals surface area contributed by atoms with E-state index in [9.17, 15) is 9.59 Å². The maximum Gasteiger partial charge on any atom is 0.268 e. The molecule has 1 aromatic carbocycles. The topological polar surface area (TPSA) is 62.0 Å². The largest absolute Gasteiger partial charge is 0.354 e.